The average molecular weight is 620 g/mol. The number of nitrogens with zero attached hydrogens (tertiary/aromatic N) is 1. The van der Waals surface area contributed by atoms with Crippen LogP contribution in [0.25, 0.3) is 0 Å². The fraction of sp³-hybridized carbons (Fsp3) is 0.576. The molecule has 0 aromatic heterocycles. The molecule has 1 unspecified atom stereocenters. The van der Waals surface area contributed by atoms with Crippen LogP contribution in [0.1, 0.15) is 69.6 Å². The lowest BCUT2D eigenvalue weighted by atomic mass is 9.88. The van der Waals surface area contributed by atoms with E-state index >= 15 is 0 Å². The number of carbonyl (C=O) groups excluding carboxylic acids is 2. The summed E-state index contributed by atoms with van der Waals surface area (Å²) in [5.74, 6) is -3.35. The molecule has 0 bridgehead atoms. The number of hydrogen-bond acceptors (Lipinski definition) is 7. The van der Waals surface area contributed by atoms with Crippen LogP contribution >= 0.6 is 0 Å². The van der Waals surface area contributed by atoms with E-state index in [-0.39, 0.29) is 37.4 Å². The van der Waals surface area contributed by atoms with Crippen molar-refractivity contribution in [3.05, 3.63) is 70.8 Å². The standard InChI is InChI=1S/C33H47F2N3O6/c1-4-6-11-33(42-12-8-13-43-33)22(3)14-30(44-32(37)41)31(40)38(20-24-10-7-9-23(5-2)15-24)21-29(39)28(36)18-25-16-26(34)19-27(35)17-25/h7,9-10,15-17,19,22,28-30,39H,4-6,8,11-14,18,20-21,36H2,1-3H3,(H2,37,41)/t22?,28-,29+,30+/m0/s1. The van der Waals surface area contributed by atoms with E-state index in [0.29, 0.717) is 19.6 Å². The Hall–Kier alpha value is -3.12. The van der Waals surface area contributed by atoms with Gasteiger partial charge in [0.15, 0.2) is 11.9 Å². The highest BCUT2D eigenvalue weighted by Gasteiger charge is 2.43. The summed E-state index contributed by atoms with van der Waals surface area (Å²) in [6, 6.07) is 9.77. The Bertz CT molecular complexity index is 1210. The molecule has 244 valence electrons. The largest absolute Gasteiger partial charge is 0.436 e. The Morgan fingerprint density at radius 2 is 1.73 bits per heavy atom. The quantitative estimate of drug-likeness (QED) is 0.250. The van der Waals surface area contributed by atoms with Crippen LogP contribution in [0.4, 0.5) is 13.6 Å². The van der Waals surface area contributed by atoms with Gasteiger partial charge in [0.05, 0.1) is 19.3 Å². The Morgan fingerprint density at radius 3 is 2.34 bits per heavy atom. The van der Waals surface area contributed by atoms with Gasteiger partial charge in [-0.15, -0.1) is 0 Å². The molecule has 1 aliphatic heterocycles. The summed E-state index contributed by atoms with van der Waals surface area (Å²) in [4.78, 5) is 27.5. The Morgan fingerprint density at radius 1 is 1.07 bits per heavy atom. The van der Waals surface area contributed by atoms with Gasteiger partial charge in [0.1, 0.15) is 11.6 Å². The zero-order chi connectivity index (χ0) is 32.3. The number of halogens is 2. The van der Waals surface area contributed by atoms with Crippen LogP contribution in [0.5, 0.6) is 0 Å². The lowest BCUT2D eigenvalue weighted by molar-refractivity contribution is -0.297. The Kier molecular flexibility index (Phi) is 13.5. The molecule has 4 atom stereocenters. The highest BCUT2D eigenvalue weighted by Crippen LogP contribution is 2.36. The van der Waals surface area contributed by atoms with Crippen LogP contribution in [0.15, 0.2) is 42.5 Å². The molecule has 0 radical (unpaired) electrons. The number of aliphatic hydroxyl groups is 1. The second-order valence-corrected chi connectivity index (χ2v) is 11.6. The van der Waals surface area contributed by atoms with E-state index in [1.165, 1.54) is 4.90 Å². The number of amides is 2. The van der Waals surface area contributed by atoms with Crippen LogP contribution in [0.3, 0.4) is 0 Å². The van der Waals surface area contributed by atoms with Gasteiger partial charge in [0.25, 0.3) is 5.91 Å². The molecule has 11 heteroatoms. The molecule has 2 amide bonds. The second kappa shape index (κ2) is 16.8. The van der Waals surface area contributed by atoms with Crippen LogP contribution < -0.4 is 11.5 Å². The molecule has 5 N–H and O–H groups in total. The number of primary amides is 1. The molecule has 0 aliphatic carbocycles. The van der Waals surface area contributed by atoms with Crippen molar-refractivity contribution in [2.75, 3.05) is 19.8 Å². The molecular weight excluding hydrogens is 572 g/mol. The molecule has 2 aromatic carbocycles. The van der Waals surface area contributed by atoms with Gasteiger partial charge in [-0.2, -0.15) is 0 Å². The first kappa shape index (κ1) is 35.4. The maximum Gasteiger partial charge on any atom is 0.405 e. The van der Waals surface area contributed by atoms with Gasteiger partial charge in [-0.1, -0.05) is 51.5 Å². The molecule has 0 saturated carbocycles. The van der Waals surface area contributed by atoms with Crippen molar-refractivity contribution in [3.8, 4) is 0 Å². The van der Waals surface area contributed by atoms with Crippen molar-refractivity contribution in [1.82, 2.24) is 4.90 Å². The number of rotatable bonds is 16. The molecule has 1 aliphatic rings. The first-order valence-corrected chi connectivity index (χ1v) is 15.5. The molecule has 0 spiro atoms. The number of benzene rings is 2. The molecule has 1 saturated heterocycles. The predicted molar refractivity (Wildman–Crippen MR) is 162 cm³/mol. The van der Waals surface area contributed by atoms with Crippen LogP contribution in [-0.2, 0) is 38.4 Å². The van der Waals surface area contributed by atoms with Crippen molar-refractivity contribution in [2.24, 2.45) is 17.4 Å². The minimum absolute atomic E-state index is 0.0317. The monoisotopic (exact) mass is 619 g/mol. The normalized spacial score (nSPS) is 17.3. The van der Waals surface area contributed by atoms with Gasteiger partial charge in [-0.25, -0.2) is 13.6 Å². The van der Waals surface area contributed by atoms with E-state index in [4.69, 9.17) is 25.7 Å². The summed E-state index contributed by atoms with van der Waals surface area (Å²) in [5, 5.41) is 11.1. The third-order valence-electron chi connectivity index (χ3n) is 8.09. The van der Waals surface area contributed by atoms with Crippen LogP contribution in [-0.4, -0.2) is 65.8 Å². The topological polar surface area (TPSA) is 137 Å². The molecule has 9 nitrogen and oxygen atoms in total. The summed E-state index contributed by atoms with van der Waals surface area (Å²) in [5.41, 5.74) is 13.8. The van der Waals surface area contributed by atoms with Crippen LogP contribution in [0.2, 0.25) is 0 Å². The highest BCUT2D eigenvalue weighted by atomic mass is 19.1. The summed E-state index contributed by atoms with van der Waals surface area (Å²) in [6.07, 6.45) is 0.294. The van der Waals surface area contributed by atoms with Crippen molar-refractivity contribution in [2.45, 2.75) is 96.3 Å². The molecule has 2 aromatic rings. The summed E-state index contributed by atoms with van der Waals surface area (Å²) in [6.45, 7) is 6.87. The van der Waals surface area contributed by atoms with Crippen molar-refractivity contribution < 1.29 is 37.7 Å². The zero-order valence-electron chi connectivity index (χ0n) is 26.0. The lowest BCUT2D eigenvalue weighted by Crippen LogP contribution is -2.52. The summed E-state index contributed by atoms with van der Waals surface area (Å²) in [7, 11) is 0. The van der Waals surface area contributed by atoms with Gasteiger partial charge in [-0.3, -0.25) is 4.79 Å². The fourth-order valence-electron chi connectivity index (χ4n) is 5.63. The maximum absolute atomic E-state index is 14.1. The van der Waals surface area contributed by atoms with Crippen molar-refractivity contribution in [3.63, 3.8) is 0 Å². The number of unbranched alkanes of at least 4 members (excludes halogenated alkanes) is 1. The van der Waals surface area contributed by atoms with Gasteiger partial charge in [0, 0.05) is 44.0 Å². The first-order valence-electron chi connectivity index (χ1n) is 15.5. The van der Waals surface area contributed by atoms with E-state index < -0.39 is 47.7 Å². The fourth-order valence-corrected chi connectivity index (χ4v) is 5.63. The minimum atomic E-state index is -1.29. The Balaban J connectivity index is 1.87. The van der Waals surface area contributed by atoms with E-state index in [0.717, 1.165) is 55.0 Å². The highest BCUT2D eigenvalue weighted by molar-refractivity contribution is 5.83. The molecule has 1 fully saturated rings. The number of ether oxygens (including phenoxy) is 3. The SMILES string of the molecule is CCCCC1(C(C)C[C@@H](OC(N)=O)C(=O)N(Cc2cccc(CC)c2)C[C@@H](O)[C@@H](N)Cc2cc(F)cc(F)c2)OCCCO1. The van der Waals surface area contributed by atoms with Gasteiger partial charge in [0.2, 0.25) is 0 Å². The van der Waals surface area contributed by atoms with Gasteiger partial charge < -0.3 is 35.7 Å². The number of aryl methyl sites for hydroxylation is 1. The molecule has 1 heterocycles. The Labute approximate surface area is 258 Å². The van der Waals surface area contributed by atoms with Gasteiger partial charge in [-0.05, 0) is 54.5 Å². The smallest absolute Gasteiger partial charge is 0.405 e. The maximum atomic E-state index is 14.1. The molecular formula is C33H47F2N3O6. The lowest BCUT2D eigenvalue weighted by Gasteiger charge is -2.43. The zero-order valence-corrected chi connectivity index (χ0v) is 26.0. The van der Waals surface area contributed by atoms with Crippen molar-refractivity contribution >= 4 is 12.0 Å². The predicted octanol–water partition coefficient (Wildman–Crippen LogP) is 4.60. The van der Waals surface area contributed by atoms with Gasteiger partial charge >= 0.3 is 6.09 Å². The number of hydrogen-bond donors (Lipinski definition) is 3. The molecule has 44 heavy (non-hydrogen) atoms. The third-order valence-corrected chi connectivity index (χ3v) is 8.09. The van der Waals surface area contributed by atoms with E-state index in [1.807, 2.05) is 38.1 Å². The average Bonchev–Trinajstić information content (AvgIpc) is 2.98. The van der Waals surface area contributed by atoms with Crippen molar-refractivity contribution in [1.29, 1.82) is 0 Å². The van der Waals surface area contributed by atoms with E-state index in [2.05, 4.69) is 6.92 Å². The third kappa shape index (κ3) is 10.2. The number of nitrogens with two attached hydrogens (primary N) is 2. The first-order chi connectivity index (χ1) is 21.0. The summed E-state index contributed by atoms with van der Waals surface area (Å²) >= 11 is 0. The van der Waals surface area contributed by atoms with E-state index in [1.54, 1.807) is 0 Å². The molecule has 3 rings (SSSR count). The minimum Gasteiger partial charge on any atom is -0.436 e. The summed E-state index contributed by atoms with van der Waals surface area (Å²) < 4.78 is 45.2. The van der Waals surface area contributed by atoms with E-state index in [9.17, 15) is 23.5 Å². The van der Waals surface area contributed by atoms with Crippen LogP contribution in [0, 0.1) is 17.6 Å². The number of aliphatic hydroxyl groups excluding tert-OH is 1. The second-order valence-electron chi connectivity index (χ2n) is 11.6. The number of carbonyl (C=O) groups is 2.